The molecule has 0 unspecified atom stereocenters. The summed E-state index contributed by atoms with van der Waals surface area (Å²) in [4.78, 5) is 0. The maximum Gasteiger partial charge on any atom is 0.248 e. The van der Waals surface area contributed by atoms with Crippen molar-refractivity contribution in [2.24, 2.45) is 0 Å². The molecule has 37 heavy (non-hydrogen) atoms. The zero-order valence-corrected chi connectivity index (χ0v) is 19.7. The van der Waals surface area contributed by atoms with Crippen molar-refractivity contribution in [2.75, 3.05) is 0 Å². The van der Waals surface area contributed by atoms with Gasteiger partial charge in [-0.25, -0.2) is 0 Å². The van der Waals surface area contributed by atoms with Crippen molar-refractivity contribution in [1.29, 1.82) is 0 Å². The van der Waals surface area contributed by atoms with E-state index in [1.807, 2.05) is 48.5 Å². The fourth-order valence-electron chi connectivity index (χ4n) is 4.88. The minimum Gasteiger partial charge on any atom is -0.508 e. The van der Waals surface area contributed by atoms with E-state index in [1.165, 1.54) is 5.39 Å². The molecule has 7 aromatic rings. The van der Waals surface area contributed by atoms with Crippen LogP contribution in [0.5, 0.6) is 5.75 Å². The third kappa shape index (κ3) is 3.65. The van der Waals surface area contributed by atoms with Crippen molar-refractivity contribution in [1.82, 2.24) is 14.8 Å². The standard InChI is InChI=1S/C32H21N3O2/c36-26-17-14-22(15-18-26)21-10-12-23(13-11-21)31-33-34-32(37-31)24-16-19-30-28(20-24)27-8-4-5-9-29(27)35(30)25-6-2-1-3-7-25/h1-20,36H. The average molecular weight is 480 g/mol. The van der Waals surface area contributed by atoms with E-state index in [4.69, 9.17) is 4.42 Å². The topological polar surface area (TPSA) is 64.1 Å². The van der Waals surface area contributed by atoms with E-state index in [-0.39, 0.29) is 5.75 Å². The number of benzene rings is 5. The Bertz CT molecular complexity index is 1870. The number of hydrogen-bond acceptors (Lipinski definition) is 4. The van der Waals surface area contributed by atoms with Crippen LogP contribution in [-0.4, -0.2) is 19.9 Å². The zero-order chi connectivity index (χ0) is 24.8. The van der Waals surface area contributed by atoms with Crippen LogP contribution in [0.15, 0.2) is 126 Å². The number of phenols is 1. The van der Waals surface area contributed by atoms with E-state index in [1.54, 1.807) is 12.1 Å². The first-order chi connectivity index (χ1) is 18.2. The van der Waals surface area contributed by atoms with Gasteiger partial charge in [-0.15, -0.1) is 10.2 Å². The Kier molecular flexibility index (Phi) is 4.86. The molecule has 0 spiro atoms. The Morgan fingerprint density at radius 3 is 1.84 bits per heavy atom. The lowest BCUT2D eigenvalue weighted by atomic mass is 10.0. The second kappa shape index (κ2) is 8.50. The largest absolute Gasteiger partial charge is 0.508 e. The summed E-state index contributed by atoms with van der Waals surface area (Å²) in [6, 6.07) is 40.2. The maximum absolute atomic E-state index is 9.53. The van der Waals surface area contributed by atoms with Crippen LogP contribution in [-0.2, 0) is 0 Å². The lowest BCUT2D eigenvalue weighted by Crippen LogP contribution is -1.92. The fourth-order valence-corrected chi connectivity index (χ4v) is 4.88. The summed E-state index contributed by atoms with van der Waals surface area (Å²) in [7, 11) is 0. The van der Waals surface area contributed by atoms with Gasteiger partial charge in [0.05, 0.1) is 11.0 Å². The Morgan fingerprint density at radius 1 is 0.514 bits per heavy atom. The van der Waals surface area contributed by atoms with E-state index in [0.717, 1.165) is 44.4 Å². The molecular formula is C32H21N3O2. The number of phenolic OH excluding ortho intramolecular Hbond substituents is 1. The summed E-state index contributed by atoms with van der Waals surface area (Å²) >= 11 is 0. The average Bonchev–Trinajstić information content (AvgIpc) is 3.57. The summed E-state index contributed by atoms with van der Waals surface area (Å²) in [5.74, 6) is 1.21. The molecular weight excluding hydrogens is 458 g/mol. The second-order valence-corrected chi connectivity index (χ2v) is 8.96. The van der Waals surface area contributed by atoms with Gasteiger partial charge in [-0.3, -0.25) is 0 Å². The first-order valence-electron chi connectivity index (χ1n) is 12.1. The Labute approximate surface area is 212 Å². The van der Waals surface area contributed by atoms with Crippen LogP contribution >= 0.6 is 0 Å². The molecule has 0 radical (unpaired) electrons. The number of para-hydroxylation sites is 2. The molecule has 0 bridgehead atoms. The van der Waals surface area contributed by atoms with Crippen molar-refractivity contribution in [3.63, 3.8) is 0 Å². The molecule has 176 valence electrons. The van der Waals surface area contributed by atoms with Crippen LogP contribution in [0.3, 0.4) is 0 Å². The van der Waals surface area contributed by atoms with Crippen LogP contribution in [0.4, 0.5) is 0 Å². The molecule has 0 amide bonds. The predicted molar refractivity (Wildman–Crippen MR) is 147 cm³/mol. The van der Waals surface area contributed by atoms with Gasteiger partial charge in [-0.05, 0) is 71.8 Å². The van der Waals surface area contributed by atoms with Crippen molar-refractivity contribution in [2.45, 2.75) is 0 Å². The van der Waals surface area contributed by atoms with Gasteiger partial charge >= 0.3 is 0 Å². The number of nitrogens with zero attached hydrogens (tertiary/aromatic N) is 3. The molecule has 1 N–H and O–H groups in total. The first-order valence-corrected chi connectivity index (χ1v) is 12.1. The van der Waals surface area contributed by atoms with E-state index >= 15 is 0 Å². The van der Waals surface area contributed by atoms with Gasteiger partial charge in [0.25, 0.3) is 0 Å². The number of rotatable bonds is 4. The highest BCUT2D eigenvalue weighted by molar-refractivity contribution is 6.10. The molecule has 5 nitrogen and oxygen atoms in total. The van der Waals surface area contributed by atoms with Crippen molar-refractivity contribution in [3.8, 4) is 45.5 Å². The monoisotopic (exact) mass is 479 g/mol. The molecule has 0 aliphatic carbocycles. The zero-order valence-electron chi connectivity index (χ0n) is 19.7. The van der Waals surface area contributed by atoms with E-state index < -0.39 is 0 Å². The molecule has 7 rings (SSSR count). The molecule has 0 saturated carbocycles. The van der Waals surface area contributed by atoms with Crippen LogP contribution in [0.2, 0.25) is 0 Å². The molecule has 0 atom stereocenters. The highest BCUT2D eigenvalue weighted by atomic mass is 16.4. The second-order valence-electron chi connectivity index (χ2n) is 8.96. The molecule has 5 aromatic carbocycles. The summed E-state index contributed by atoms with van der Waals surface area (Å²) in [6.45, 7) is 0. The number of fused-ring (bicyclic) bond motifs is 3. The van der Waals surface area contributed by atoms with Crippen LogP contribution in [0, 0.1) is 0 Å². The predicted octanol–water partition coefficient (Wildman–Crippen LogP) is 7.87. The Balaban J connectivity index is 1.26. The van der Waals surface area contributed by atoms with E-state index in [0.29, 0.717) is 11.8 Å². The Hall–Kier alpha value is -5.16. The quantitative estimate of drug-likeness (QED) is 0.279. The van der Waals surface area contributed by atoms with Gasteiger partial charge in [-0.2, -0.15) is 0 Å². The maximum atomic E-state index is 9.53. The van der Waals surface area contributed by atoms with E-state index in [9.17, 15) is 5.11 Å². The van der Waals surface area contributed by atoms with Gasteiger partial charge in [0, 0.05) is 27.6 Å². The first kappa shape index (κ1) is 21.1. The molecule has 2 aromatic heterocycles. The lowest BCUT2D eigenvalue weighted by Gasteiger charge is -2.07. The summed E-state index contributed by atoms with van der Waals surface area (Å²) in [5.41, 5.74) is 7.20. The van der Waals surface area contributed by atoms with Gasteiger partial charge < -0.3 is 14.1 Å². The van der Waals surface area contributed by atoms with Gasteiger partial charge in [-0.1, -0.05) is 60.7 Å². The lowest BCUT2D eigenvalue weighted by molar-refractivity contribution is 0.475. The number of aromatic nitrogens is 3. The van der Waals surface area contributed by atoms with Gasteiger partial charge in [0.1, 0.15) is 5.75 Å². The normalized spacial score (nSPS) is 11.4. The van der Waals surface area contributed by atoms with Gasteiger partial charge in [0.15, 0.2) is 0 Å². The van der Waals surface area contributed by atoms with Crippen LogP contribution < -0.4 is 0 Å². The molecule has 5 heteroatoms. The minimum atomic E-state index is 0.251. The number of aromatic hydroxyl groups is 1. The van der Waals surface area contributed by atoms with Crippen molar-refractivity contribution in [3.05, 3.63) is 121 Å². The Morgan fingerprint density at radius 2 is 1.08 bits per heavy atom. The van der Waals surface area contributed by atoms with Gasteiger partial charge in [0.2, 0.25) is 11.8 Å². The third-order valence-corrected chi connectivity index (χ3v) is 6.69. The highest BCUT2D eigenvalue weighted by Gasteiger charge is 2.16. The number of hydrogen-bond donors (Lipinski definition) is 1. The SMILES string of the molecule is Oc1ccc(-c2ccc(-c3nnc(-c4ccc5c(c4)c4ccccc4n5-c4ccccc4)o3)cc2)cc1. The molecule has 0 aliphatic heterocycles. The van der Waals surface area contributed by atoms with Crippen LogP contribution in [0.1, 0.15) is 0 Å². The minimum absolute atomic E-state index is 0.251. The summed E-state index contributed by atoms with van der Waals surface area (Å²) in [6.07, 6.45) is 0. The smallest absolute Gasteiger partial charge is 0.248 e. The molecule has 0 fully saturated rings. The summed E-state index contributed by atoms with van der Waals surface area (Å²) in [5, 5.41) is 20.5. The van der Waals surface area contributed by atoms with Crippen LogP contribution in [0.25, 0.3) is 61.5 Å². The van der Waals surface area contributed by atoms with Crippen molar-refractivity contribution < 1.29 is 9.52 Å². The molecule has 2 heterocycles. The summed E-state index contributed by atoms with van der Waals surface area (Å²) < 4.78 is 8.39. The van der Waals surface area contributed by atoms with Crippen molar-refractivity contribution >= 4 is 21.8 Å². The molecule has 0 saturated heterocycles. The van der Waals surface area contributed by atoms with E-state index in [2.05, 4.69) is 75.4 Å². The fraction of sp³-hybridized carbons (Fsp3) is 0. The molecule has 0 aliphatic rings. The highest BCUT2D eigenvalue weighted by Crippen LogP contribution is 2.35. The third-order valence-electron chi connectivity index (χ3n) is 6.69.